The first-order valence-corrected chi connectivity index (χ1v) is 9.76. The van der Waals surface area contributed by atoms with Gasteiger partial charge in [-0.05, 0) is 62.1 Å². The molecule has 1 aliphatic heterocycles. The van der Waals surface area contributed by atoms with Crippen LogP contribution in [0.15, 0.2) is 33.6 Å². The minimum atomic E-state index is 0.250. The zero-order chi connectivity index (χ0) is 15.9. The minimum Gasteiger partial charge on any atom is -0.343 e. The molecule has 122 valence electrons. The molecule has 1 aromatic rings. The molecule has 2 rings (SSSR count). The normalized spacial score (nSPS) is 17.5. The fraction of sp³-hybridized carbons (Fsp3) is 0.588. The van der Waals surface area contributed by atoms with Crippen molar-refractivity contribution in [3.63, 3.8) is 0 Å². The van der Waals surface area contributed by atoms with Gasteiger partial charge >= 0.3 is 0 Å². The fourth-order valence-electron chi connectivity index (χ4n) is 2.78. The van der Waals surface area contributed by atoms with Crippen LogP contribution >= 0.6 is 27.7 Å². The lowest BCUT2D eigenvalue weighted by molar-refractivity contribution is -0.132. The third-order valence-electron chi connectivity index (χ3n) is 4.25. The summed E-state index contributed by atoms with van der Waals surface area (Å²) in [6, 6.07) is 8.57. The Kier molecular flexibility index (Phi) is 7.25. The Bertz CT molecular complexity index is 470. The van der Waals surface area contributed by atoms with Crippen molar-refractivity contribution in [2.45, 2.75) is 43.5 Å². The minimum absolute atomic E-state index is 0.250. The van der Waals surface area contributed by atoms with E-state index in [0.29, 0.717) is 18.2 Å². The van der Waals surface area contributed by atoms with E-state index in [1.165, 1.54) is 4.90 Å². The van der Waals surface area contributed by atoms with Crippen LogP contribution in [0.2, 0.25) is 0 Å². The molecule has 2 N–H and O–H groups in total. The van der Waals surface area contributed by atoms with Crippen molar-refractivity contribution in [3.8, 4) is 0 Å². The topological polar surface area (TPSA) is 46.3 Å². The lowest BCUT2D eigenvalue weighted by Crippen LogP contribution is -2.42. The number of hydrogen-bond donors (Lipinski definition) is 1. The van der Waals surface area contributed by atoms with Crippen molar-refractivity contribution >= 4 is 33.6 Å². The summed E-state index contributed by atoms with van der Waals surface area (Å²) in [5.74, 6) is 1.88. The fourth-order valence-corrected chi connectivity index (χ4v) is 3.89. The van der Waals surface area contributed by atoms with Crippen molar-refractivity contribution in [2.75, 3.05) is 18.8 Å². The maximum Gasteiger partial charge on any atom is 0.222 e. The number of benzene rings is 1. The zero-order valence-corrected chi connectivity index (χ0v) is 15.5. The molecule has 1 unspecified atom stereocenters. The highest BCUT2D eigenvalue weighted by molar-refractivity contribution is 9.10. The second kappa shape index (κ2) is 8.94. The van der Waals surface area contributed by atoms with E-state index in [-0.39, 0.29) is 6.04 Å². The molecular formula is C17H25BrN2OS. The average Bonchev–Trinajstić information content (AvgIpc) is 2.53. The smallest absolute Gasteiger partial charge is 0.222 e. The van der Waals surface area contributed by atoms with Gasteiger partial charge in [0.15, 0.2) is 0 Å². The molecule has 1 aromatic carbocycles. The van der Waals surface area contributed by atoms with E-state index in [1.54, 1.807) is 0 Å². The van der Waals surface area contributed by atoms with Crippen molar-refractivity contribution in [2.24, 2.45) is 11.7 Å². The van der Waals surface area contributed by atoms with Crippen molar-refractivity contribution in [1.29, 1.82) is 0 Å². The summed E-state index contributed by atoms with van der Waals surface area (Å²) < 4.78 is 1.10. The number of rotatable bonds is 6. The number of likely N-dealkylation sites (tertiary alicyclic amines) is 1. The molecule has 1 fully saturated rings. The summed E-state index contributed by atoms with van der Waals surface area (Å²) in [7, 11) is 0. The molecule has 0 bridgehead atoms. The van der Waals surface area contributed by atoms with Gasteiger partial charge in [-0.25, -0.2) is 0 Å². The van der Waals surface area contributed by atoms with E-state index in [4.69, 9.17) is 5.73 Å². The quantitative estimate of drug-likeness (QED) is 0.597. The van der Waals surface area contributed by atoms with E-state index < -0.39 is 0 Å². The average molecular weight is 385 g/mol. The number of nitrogens with two attached hydrogens (primary N) is 1. The summed E-state index contributed by atoms with van der Waals surface area (Å²) in [5, 5.41) is 0. The highest BCUT2D eigenvalue weighted by Gasteiger charge is 2.24. The highest BCUT2D eigenvalue weighted by atomic mass is 79.9. The Labute approximate surface area is 146 Å². The Morgan fingerprint density at radius 1 is 1.36 bits per heavy atom. The number of piperidine rings is 1. The van der Waals surface area contributed by atoms with Gasteiger partial charge in [-0.1, -0.05) is 15.9 Å². The zero-order valence-electron chi connectivity index (χ0n) is 13.1. The van der Waals surface area contributed by atoms with Crippen LogP contribution in [-0.4, -0.2) is 35.7 Å². The molecule has 0 radical (unpaired) electrons. The van der Waals surface area contributed by atoms with Gasteiger partial charge in [0.25, 0.3) is 0 Å². The molecule has 1 heterocycles. The Hall–Kier alpha value is -0.520. The van der Waals surface area contributed by atoms with Crippen LogP contribution in [0.1, 0.15) is 32.6 Å². The van der Waals surface area contributed by atoms with Crippen LogP contribution in [0.3, 0.4) is 0 Å². The summed E-state index contributed by atoms with van der Waals surface area (Å²) in [5.41, 5.74) is 5.94. The molecule has 0 saturated carbocycles. The first kappa shape index (κ1) is 17.8. The van der Waals surface area contributed by atoms with E-state index in [0.717, 1.165) is 42.6 Å². The van der Waals surface area contributed by atoms with Crippen molar-refractivity contribution in [1.82, 2.24) is 4.90 Å². The lowest BCUT2D eigenvalue weighted by Gasteiger charge is -2.33. The molecule has 1 atom stereocenters. The van der Waals surface area contributed by atoms with Crippen LogP contribution < -0.4 is 5.73 Å². The summed E-state index contributed by atoms with van der Waals surface area (Å²) in [6.07, 6.45) is 3.70. The molecule has 1 aliphatic rings. The SMILES string of the molecule is CC(N)C1CCN(C(=O)CCCSc2ccc(Br)cc2)CC1. The number of amides is 1. The molecule has 3 nitrogen and oxygen atoms in total. The first-order chi connectivity index (χ1) is 10.6. The number of carbonyl (C=O) groups is 1. The molecule has 1 amide bonds. The number of nitrogens with zero attached hydrogens (tertiary/aromatic N) is 1. The van der Waals surface area contributed by atoms with E-state index in [2.05, 4.69) is 47.1 Å². The van der Waals surface area contributed by atoms with Gasteiger partial charge < -0.3 is 10.6 Å². The van der Waals surface area contributed by atoms with Crippen molar-refractivity contribution in [3.05, 3.63) is 28.7 Å². The predicted molar refractivity (Wildman–Crippen MR) is 97.1 cm³/mol. The summed E-state index contributed by atoms with van der Waals surface area (Å²) >= 11 is 5.25. The Morgan fingerprint density at radius 2 is 2.00 bits per heavy atom. The van der Waals surface area contributed by atoms with Crippen LogP contribution in [0.4, 0.5) is 0 Å². The molecule has 0 aliphatic carbocycles. The second-order valence-electron chi connectivity index (χ2n) is 5.98. The lowest BCUT2D eigenvalue weighted by atomic mass is 9.91. The predicted octanol–water partition coefficient (Wildman–Crippen LogP) is 3.91. The Balaban J connectivity index is 1.63. The number of carbonyl (C=O) groups excluding carboxylic acids is 1. The van der Waals surface area contributed by atoms with Gasteiger partial charge in [0.1, 0.15) is 0 Å². The van der Waals surface area contributed by atoms with Gasteiger partial charge in [0.2, 0.25) is 5.91 Å². The van der Waals surface area contributed by atoms with Crippen LogP contribution in [-0.2, 0) is 4.79 Å². The molecule has 0 aromatic heterocycles. The van der Waals surface area contributed by atoms with Gasteiger partial charge in [0.05, 0.1) is 0 Å². The van der Waals surface area contributed by atoms with E-state index >= 15 is 0 Å². The largest absolute Gasteiger partial charge is 0.343 e. The van der Waals surface area contributed by atoms with E-state index in [1.807, 2.05) is 16.7 Å². The van der Waals surface area contributed by atoms with E-state index in [9.17, 15) is 4.79 Å². The maximum atomic E-state index is 12.2. The summed E-state index contributed by atoms with van der Waals surface area (Å²) in [6.45, 7) is 3.83. The Morgan fingerprint density at radius 3 is 2.59 bits per heavy atom. The van der Waals surface area contributed by atoms with Crippen LogP contribution in [0.5, 0.6) is 0 Å². The molecule has 1 saturated heterocycles. The first-order valence-electron chi connectivity index (χ1n) is 7.98. The highest BCUT2D eigenvalue weighted by Crippen LogP contribution is 2.23. The van der Waals surface area contributed by atoms with Crippen LogP contribution in [0, 0.1) is 5.92 Å². The molecular weight excluding hydrogens is 360 g/mol. The van der Waals surface area contributed by atoms with Gasteiger partial charge in [-0.2, -0.15) is 0 Å². The molecule has 22 heavy (non-hydrogen) atoms. The second-order valence-corrected chi connectivity index (χ2v) is 8.07. The molecule has 0 spiro atoms. The third kappa shape index (κ3) is 5.60. The van der Waals surface area contributed by atoms with Gasteiger partial charge in [-0.15, -0.1) is 11.8 Å². The number of thioether (sulfide) groups is 1. The third-order valence-corrected chi connectivity index (χ3v) is 5.88. The van der Waals surface area contributed by atoms with Crippen LogP contribution in [0.25, 0.3) is 0 Å². The van der Waals surface area contributed by atoms with Gasteiger partial charge in [0, 0.05) is 34.9 Å². The molecule has 5 heteroatoms. The summed E-state index contributed by atoms with van der Waals surface area (Å²) in [4.78, 5) is 15.5. The maximum absolute atomic E-state index is 12.2. The van der Waals surface area contributed by atoms with Crippen molar-refractivity contribution < 1.29 is 4.79 Å². The number of hydrogen-bond acceptors (Lipinski definition) is 3. The standard InChI is InChI=1S/C17H25BrN2OS/c1-13(19)14-8-10-20(11-9-14)17(21)3-2-12-22-16-6-4-15(18)5-7-16/h4-7,13-14H,2-3,8-12,19H2,1H3. The number of halogens is 1. The van der Waals surface area contributed by atoms with Gasteiger partial charge in [-0.3, -0.25) is 4.79 Å². The monoisotopic (exact) mass is 384 g/mol.